The summed E-state index contributed by atoms with van der Waals surface area (Å²) < 4.78 is 16.2. The molecule has 0 aliphatic rings. The maximum absolute atomic E-state index is 11.0. The number of nitrogens with zero attached hydrogens (tertiary/aromatic N) is 2. The molecule has 0 aromatic carbocycles. The average Bonchev–Trinajstić information content (AvgIpc) is 2.79. The van der Waals surface area contributed by atoms with Gasteiger partial charge in [0.05, 0.1) is 25.9 Å². The highest BCUT2D eigenvalue weighted by Crippen LogP contribution is 2.21. The molecule has 176 valence electrons. The number of hydrogen-bond acceptors (Lipinski definition) is 7. The van der Waals surface area contributed by atoms with Crippen LogP contribution in [0.4, 0.5) is 0 Å². The van der Waals surface area contributed by atoms with Crippen LogP contribution >= 0.6 is 0 Å². The van der Waals surface area contributed by atoms with Gasteiger partial charge in [0.25, 0.3) is 0 Å². The molecule has 0 spiro atoms. The first kappa shape index (κ1) is 27.3. The fourth-order valence-electron chi connectivity index (χ4n) is 2.61. The lowest BCUT2D eigenvalue weighted by Crippen LogP contribution is -2.09. The molecule has 0 aliphatic heterocycles. The molecular formula is C25H31N3O5. The Morgan fingerprint density at radius 2 is 2.03 bits per heavy atom. The van der Waals surface area contributed by atoms with E-state index in [-0.39, 0.29) is 5.97 Å². The number of nitriles is 1. The van der Waals surface area contributed by atoms with E-state index < -0.39 is 0 Å². The van der Waals surface area contributed by atoms with Crippen LogP contribution in [0.15, 0.2) is 59.7 Å². The van der Waals surface area contributed by atoms with Crippen LogP contribution in [0.2, 0.25) is 0 Å². The van der Waals surface area contributed by atoms with Crippen LogP contribution in [0.1, 0.15) is 46.1 Å². The zero-order chi connectivity index (χ0) is 24.5. The molecule has 1 aromatic heterocycles. The van der Waals surface area contributed by atoms with E-state index in [1.807, 2.05) is 19.1 Å². The highest BCUT2D eigenvalue weighted by atomic mass is 16.5. The number of esters is 1. The molecular weight excluding hydrogens is 422 g/mol. The molecule has 8 nitrogen and oxygen atoms in total. The van der Waals surface area contributed by atoms with E-state index in [0.717, 1.165) is 12.0 Å². The molecule has 0 aliphatic carbocycles. The lowest BCUT2D eigenvalue weighted by Gasteiger charge is -2.10. The highest BCUT2D eigenvalue weighted by Gasteiger charge is 2.06. The molecule has 0 bridgehead atoms. The highest BCUT2D eigenvalue weighted by molar-refractivity contribution is 5.78. The third kappa shape index (κ3) is 11.5. The summed E-state index contributed by atoms with van der Waals surface area (Å²) in [5, 5.41) is 11.7. The Morgan fingerprint density at radius 1 is 1.24 bits per heavy atom. The summed E-state index contributed by atoms with van der Waals surface area (Å²) in [4.78, 5) is 26.1. The standard InChI is InChI=1S/C25H31N3O5/c1-5-8-23(33-21(4)30)9-6-12-31-13-7-14-32-25-11-10-22(17-27-25)24(15-19(2)16-26)20(3)28-18-29/h6,8-11,15,17-18H,5,7,12-14H2,1-4H3,(H,28,29)/b9-6-,19-15+,23-8+,24-20+. The summed E-state index contributed by atoms with van der Waals surface area (Å²) in [6.45, 7) is 8.11. The van der Waals surface area contributed by atoms with Crippen LogP contribution in [0, 0.1) is 11.3 Å². The van der Waals surface area contributed by atoms with Crippen molar-refractivity contribution in [3.8, 4) is 11.9 Å². The zero-order valence-electron chi connectivity index (χ0n) is 19.6. The van der Waals surface area contributed by atoms with Crippen LogP contribution in [0.25, 0.3) is 5.57 Å². The SMILES string of the molecule is CC/C=C(\C=C/COCCCOc1ccc(C(/C=C(\C)C#N)=C(\C)NC=O)cn1)OC(C)=O. The zero-order valence-corrected chi connectivity index (χ0v) is 19.6. The van der Waals surface area contributed by atoms with Gasteiger partial charge in [0, 0.05) is 48.0 Å². The fraction of sp³-hybridized carbons (Fsp3) is 0.360. The Hall–Kier alpha value is -3.70. The van der Waals surface area contributed by atoms with E-state index in [2.05, 4.69) is 16.4 Å². The normalized spacial score (nSPS) is 12.7. The smallest absolute Gasteiger partial charge is 0.308 e. The van der Waals surface area contributed by atoms with Gasteiger partial charge in [0.2, 0.25) is 12.3 Å². The third-order valence-corrected chi connectivity index (χ3v) is 4.11. The molecule has 0 unspecified atom stereocenters. The number of carbonyl (C=O) groups excluding carboxylic acids is 2. The van der Waals surface area contributed by atoms with Crippen LogP contribution in [-0.4, -0.2) is 37.2 Å². The summed E-state index contributed by atoms with van der Waals surface area (Å²) in [5.74, 6) is 0.628. The molecule has 0 atom stereocenters. The second-order valence-corrected chi connectivity index (χ2v) is 6.91. The third-order valence-electron chi connectivity index (χ3n) is 4.11. The van der Waals surface area contributed by atoms with E-state index >= 15 is 0 Å². The molecule has 0 saturated carbocycles. The molecule has 8 heteroatoms. The fourth-order valence-corrected chi connectivity index (χ4v) is 2.61. The van der Waals surface area contributed by atoms with Gasteiger partial charge in [-0.2, -0.15) is 5.26 Å². The lowest BCUT2D eigenvalue weighted by atomic mass is 10.0. The van der Waals surface area contributed by atoms with Gasteiger partial charge in [-0.25, -0.2) is 4.98 Å². The van der Waals surface area contributed by atoms with Crippen molar-refractivity contribution in [3.05, 3.63) is 65.2 Å². The molecule has 0 saturated heterocycles. The largest absolute Gasteiger partial charge is 0.478 e. The number of pyridine rings is 1. The summed E-state index contributed by atoms with van der Waals surface area (Å²) in [7, 11) is 0. The van der Waals surface area contributed by atoms with E-state index in [9.17, 15) is 9.59 Å². The van der Waals surface area contributed by atoms with Gasteiger partial charge in [-0.15, -0.1) is 0 Å². The van der Waals surface area contributed by atoms with E-state index in [1.54, 1.807) is 44.3 Å². The second-order valence-electron chi connectivity index (χ2n) is 6.91. The minimum absolute atomic E-state index is 0.354. The van der Waals surface area contributed by atoms with Crippen molar-refractivity contribution < 1.29 is 23.8 Å². The number of ether oxygens (including phenoxy) is 3. The van der Waals surface area contributed by atoms with Gasteiger partial charge in [0.1, 0.15) is 5.76 Å². The quantitative estimate of drug-likeness (QED) is 0.112. The van der Waals surface area contributed by atoms with Crippen molar-refractivity contribution in [2.24, 2.45) is 0 Å². The summed E-state index contributed by atoms with van der Waals surface area (Å²) in [6.07, 6.45) is 10.7. The van der Waals surface area contributed by atoms with E-state index in [0.29, 0.717) is 61.1 Å². The van der Waals surface area contributed by atoms with E-state index in [1.165, 1.54) is 6.92 Å². The van der Waals surface area contributed by atoms with Crippen molar-refractivity contribution in [2.45, 2.75) is 40.5 Å². The number of allylic oxidation sites excluding steroid dienone is 6. The van der Waals surface area contributed by atoms with Gasteiger partial charge in [-0.3, -0.25) is 9.59 Å². The van der Waals surface area contributed by atoms with Crippen LogP contribution in [0.3, 0.4) is 0 Å². The summed E-state index contributed by atoms with van der Waals surface area (Å²) in [6, 6.07) is 5.63. The van der Waals surface area contributed by atoms with Crippen molar-refractivity contribution in [1.82, 2.24) is 10.3 Å². The molecule has 0 radical (unpaired) electrons. The number of hydrogen-bond donors (Lipinski definition) is 1. The summed E-state index contributed by atoms with van der Waals surface area (Å²) in [5.41, 5.74) is 2.58. The molecule has 33 heavy (non-hydrogen) atoms. The first-order valence-electron chi connectivity index (χ1n) is 10.6. The van der Waals surface area contributed by atoms with Gasteiger partial charge >= 0.3 is 5.97 Å². The minimum atomic E-state index is -0.354. The van der Waals surface area contributed by atoms with Gasteiger partial charge in [0.15, 0.2) is 0 Å². The number of aromatic nitrogens is 1. The monoisotopic (exact) mass is 453 g/mol. The van der Waals surface area contributed by atoms with E-state index in [4.69, 9.17) is 19.5 Å². The van der Waals surface area contributed by atoms with Gasteiger partial charge in [-0.05, 0) is 44.6 Å². The molecule has 1 heterocycles. The summed E-state index contributed by atoms with van der Waals surface area (Å²) >= 11 is 0. The Bertz CT molecular complexity index is 938. The number of amides is 1. The van der Waals surface area contributed by atoms with Gasteiger partial charge in [-0.1, -0.05) is 13.0 Å². The van der Waals surface area contributed by atoms with Crippen LogP contribution in [0.5, 0.6) is 5.88 Å². The Balaban J connectivity index is 2.50. The van der Waals surface area contributed by atoms with Crippen molar-refractivity contribution >= 4 is 18.0 Å². The predicted molar refractivity (Wildman–Crippen MR) is 126 cm³/mol. The molecule has 1 N–H and O–H groups in total. The lowest BCUT2D eigenvalue weighted by molar-refractivity contribution is -0.136. The predicted octanol–water partition coefficient (Wildman–Crippen LogP) is 4.23. The van der Waals surface area contributed by atoms with Crippen LogP contribution in [-0.2, 0) is 19.1 Å². The first-order chi connectivity index (χ1) is 15.9. The van der Waals surface area contributed by atoms with Gasteiger partial charge < -0.3 is 19.5 Å². The number of rotatable bonds is 14. The Morgan fingerprint density at radius 3 is 2.64 bits per heavy atom. The minimum Gasteiger partial charge on any atom is -0.478 e. The van der Waals surface area contributed by atoms with Crippen molar-refractivity contribution in [3.63, 3.8) is 0 Å². The van der Waals surface area contributed by atoms with Crippen LogP contribution < -0.4 is 10.1 Å². The van der Waals surface area contributed by atoms with Crippen molar-refractivity contribution in [1.29, 1.82) is 5.26 Å². The molecule has 1 rings (SSSR count). The maximum Gasteiger partial charge on any atom is 0.308 e. The average molecular weight is 454 g/mol. The Labute approximate surface area is 195 Å². The number of carbonyl (C=O) groups is 2. The first-order valence-corrected chi connectivity index (χ1v) is 10.6. The number of nitrogens with one attached hydrogen (secondary N) is 1. The second kappa shape index (κ2) is 16.0. The van der Waals surface area contributed by atoms with Crippen molar-refractivity contribution in [2.75, 3.05) is 19.8 Å². The molecule has 0 fully saturated rings. The molecule has 1 aromatic rings. The topological polar surface area (TPSA) is 111 Å². The molecule has 1 amide bonds. The Kier molecular flexibility index (Phi) is 13.3. The maximum atomic E-state index is 11.0.